The molecule has 5 heteroatoms. The van der Waals surface area contributed by atoms with Crippen LogP contribution in [0.5, 0.6) is 0 Å². The van der Waals surface area contributed by atoms with E-state index in [1.165, 1.54) is 0 Å². The fourth-order valence-corrected chi connectivity index (χ4v) is 2.33. The summed E-state index contributed by atoms with van der Waals surface area (Å²) in [5.41, 5.74) is 2.60. The predicted octanol–water partition coefficient (Wildman–Crippen LogP) is 2.82. The van der Waals surface area contributed by atoms with Crippen LogP contribution >= 0.6 is 0 Å². The van der Waals surface area contributed by atoms with E-state index in [1.54, 1.807) is 10.9 Å². The summed E-state index contributed by atoms with van der Waals surface area (Å²) in [6, 6.07) is 7.82. The summed E-state index contributed by atoms with van der Waals surface area (Å²) in [6.07, 6.45) is 1.67. The third-order valence-corrected chi connectivity index (χ3v) is 3.32. The summed E-state index contributed by atoms with van der Waals surface area (Å²) >= 11 is 0. The van der Waals surface area contributed by atoms with Gasteiger partial charge in [-0.15, -0.1) is 5.10 Å². The topological polar surface area (TPSA) is 64.1 Å². The second-order valence-electron chi connectivity index (χ2n) is 4.97. The quantitative estimate of drug-likeness (QED) is 0.792. The fraction of sp³-hybridized carbons (Fsp3) is 0.333. The van der Waals surface area contributed by atoms with Crippen LogP contribution in [0.2, 0.25) is 0 Å². The first-order chi connectivity index (χ1) is 9.69. The Morgan fingerprint density at radius 2 is 2.20 bits per heavy atom. The molecule has 0 aliphatic heterocycles. The Morgan fingerprint density at radius 3 is 3.00 bits per heavy atom. The van der Waals surface area contributed by atoms with Crippen LogP contribution in [0.1, 0.15) is 36.5 Å². The van der Waals surface area contributed by atoms with Crippen molar-refractivity contribution in [2.75, 3.05) is 0 Å². The molecule has 0 saturated carbocycles. The molecule has 0 saturated heterocycles. The van der Waals surface area contributed by atoms with E-state index in [4.69, 9.17) is 4.42 Å². The number of hydrogen-bond acceptors (Lipinski definition) is 4. The lowest BCUT2D eigenvalue weighted by Gasteiger charge is -2.09. The Morgan fingerprint density at radius 1 is 1.35 bits per heavy atom. The highest BCUT2D eigenvalue weighted by Crippen LogP contribution is 2.28. The van der Waals surface area contributed by atoms with Gasteiger partial charge in [0.1, 0.15) is 11.3 Å². The van der Waals surface area contributed by atoms with Crippen LogP contribution in [0.15, 0.2) is 34.9 Å². The summed E-state index contributed by atoms with van der Waals surface area (Å²) in [7, 11) is 0. The largest absolute Gasteiger partial charge is 0.458 e. The summed E-state index contributed by atoms with van der Waals surface area (Å²) in [4.78, 5) is 0. The van der Waals surface area contributed by atoms with Crippen LogP contribution < -0.4 is 0 Å². The SMILES string of the molecule is CCCn1nncc1C(O)c1cc2cc(C)ccc2o1. The molecule has 1 atom stereocenters. The molecule has 0 spiro atoms. The van der Waals surface area contributed by atoms with Crippen LogP contribution in [0.4, 0.5) is 0 Å². The highest BCUT2D eigenvalue weighted by molar-refractivity contribution is 5.78. The van der Waals surface area contributed by atoms with E-state index in [0.717, 1.165) is 29.5 Å². The Balaban J connectivity index is 1.99. The van der Waals surface area contributed by atoms with Gasteiger partial charge in [-0.1, -0.05) is 23.8 Å². The van der Waals surface area contributed by atoms with Crippen LogP contribution in [-0.2, 0) is 6.54 Å². The molecule has 1 unspecified atom stereocenters. The number of aromatic nitrogens is 3. The molecule has 0 amide bonds. The van der Waals surface area contributed by atoms with Crippen molar-refractivity contribution in [2.24, 2.45) is 0 Å². The standard InChI is InChI=1S/C15H17N3O2/c1-3-6-18-12(9-16-17-18)15(19)14-8-11-7-10(2)4-5-13(11)20-14/h4-5,7-9,15,19H,3,6H2,1-2H3. The van der Waals surface area contributed by atoms with Gasteiger partial charge in [-0.25, -0.2) is 4.68 Å². The van der Waals surface area contributed by atoms with Crippen molar-refractivity contribution in [2.45, 2.75) is 32.9 Å². The molecule has 1 aromatic carbocycles. The zero-order valence-corrected chi connectivity index (χ0v) is 11.6. The third kappa shape index (κ3) is 2.20. The normalized spacial score (nSPS) is 12.9. The molecule has 0 fully saturated rings. The molecule has 0 aliphatic rings. The monoisotopic (exact) mass is 271 g/mol. The van der Waals surface area contributed by atoms with Gasteiger partial charge >= 0.3 is 0 Å². The van der Waals surface area contributed by atoms with E-state index in [9.17, 15) is 5.11 Å². The number of aliphatic hydroxyl groups is 1. The van der Waals surface area contributed by atoms with E-state index in [0.29, 0.717) is 11.5 Å². The summed E-state index contributed by atoms with van der Waals surface area (Å²) in [5.74, 6) is 0.519. The number of aliphatic hydroxyl groups excluding tert-OH is 1. The molecular formula is C15H17N3O2. The number of aryl methyl sites for hydroxylation is 2. The average Bonchev–Trinajstić information content (AvgIpc) is 3.04. The van der Waals surface area contributed by atoms with Gasteiger partial charge in [-0.05, 0) is 31.5 Å². The van der Waals surface area contributed by atoms with E-state index in [2.05, 4.69) is 17.2 Å². The molecule has 20 heavy (non-hydrogen) atoms. The fourth-order valence-electron chi connectivity index (χ4n) is 2.33. The van der Waals surface area contributed by atoms with Crippen molar-refractivity contribution in [3.05, 3.63) is 47.5 Å². The lowest BCUT2D eigenvalue weighted by Crippen LogP contribution is -2.09. The highest BCUT2D eigenvalue weighted by atomic mass is 16.4. The van der Waals surface area contributed by atoms with Gasteiger partial charge in [-0.2, -0.15) is 0 Å². The lowest BCUT2D eigenvalue weighted by atomic mass is 10.1. The number of furan rings is 1. The summed E-state index contributed by atoms with van der Waals surface area (Å²) in [5, 5.41) is 19.3. The number of fused-ring (bicyclic) bond motifs is 1. The minimum atomic E-state index is -0.843. The number of hydrogen-bond donors (Lipinski definition) is 1. The molecule has 5 nitrogen and oxygen atoms in total. The second kappa shape index (κ2) is 5.09. The minimum Gasteiger partial charge on any atom is -0.458 e. The molecule has 2 aromatic heterocycles. The molecule has 1 N–H and O–H groups in total. The van der Waals surface area contributed by atoms with E-state index >= 15 is 0 Å². The minimum absolute atomic E-state index is 0.519. The van der Waals surface area contributed by atoms with Crippen LogP contribution in [0, 0.1) is 6.92 Å². The van der Waals surface area contributed by atoms with Crippen molar-refractivity contribution < 1.29 is 9.52 Å². The summed E-state index contributed by atoms with van der Waals surface area (Å²) < 4.78 is 7.43. The molecule has 2 heterocycles. The van der Waals surface area contributed by atoms with Crippen molar-refractivity contribution in [3.63, 3.8) is 0 Å². The third-order valence-electron chi connectivity index (χ3n) is 3.32. The number of nitrogens with zero attached hydrogens (tertiary/aromatic N) is 3. The smallest absolute Gasteiger partial charge is 0.155 e. The first-order valence-corrected chi connectivity index (χ1v) is 6.75. The molecule has 0 aliphatic carbocycles. The van der Waals surface area contributed by atoms with Crippen molar-refractivity contribution in [3.8, 4) is 0 Å². The van der Waals surface area contributed by atoms with Crippen LogP contribution in [0.3, 0.4) is 0 Å². The van der Waals surface area contributed by atoms with Crippen LogP contribution in [0.25, 0.3) is 11.0 Å². The first kappa shape index (κ1) is 12.9. The van der Waals surface area contributed by atoms with Crippen molar-refractivity contribution >= 4 is 11.0 Å². The maximum atomic E-state index is 10.5. The van der Waals surface area contributed by atoms with Gasteiger partial charge in [0.05, 0.1) is 11.9 Å². The van der Waals surface area contributed by atoms with E-state index < -0.39 is 6.10 Å². The van der Waals surface area contributed by atoms with Gasteiger partial charge in [0.25, 0.3) is 0 Å². The van der Waals surface area contributed by atoms with Gasteiger partial charge < -0.3 is 9.52 Å². The molecule has 0 radical (unpaired) electrons. The van der Waals surface area contributed by atoms with Gasteiger partial charge in [0.2, 0.25) is 0 Å². The second-order valence-corrected chi connectivity index (χ2v) is 4.97. The van der Waals surface area contributed by atoms with Crippen molar-refractivity contribution in [1.82, 2.24) is 15.0 Å². The maximum Gasteiger partial charge on any atom is 0.155 e. The zero-order valence-electron chi connectivity index (χ0n) is 11.6. The Hall–Kier alpha value is -2.14. The van der Waals surface area contributed by atoms with Crippen LogP contribution in [-0.4, -0.2) is 20.1 Å². The first-order valence-electron chi connectivity index (χ1n) is 6.75. The number of rotatable bonds is 4. The van der Waals surface area contributed by atoms with Crippen molar-refractivity contribution in [1.29, 1.82) is 0 Å². The van der Waals surface area contributed by atoms with Gasteiger partial charge in [-0.3, -0.25) is 0 Å². The Kier molecular flexibility index (Phi) is 3.28. The van der Waals surface area contributed by atoms with Gasteiger partial charge in [0.15, 0.2) is 6.10 Å². The predicted molar refractivity (Wildman–Crippen MR) is 75.3 cm³/mol. The highest BCUT2D eigenvalue weighted by Gasteiger charge is 2.20. The van der Waals surface area contributed by atoms with E-state index in [1.807, 2.05) is 31.2 Å². The zero-order chi connectivity index (χ0) is 14.1. The molecule has 0 bridgehead atoms. The van der Waals surface area contributed by atoms with Gasteiger partial charge in [0, 0.05) is 11.9 Å². The molecule has 3 rings (SSSR count). The lowest BCUT2D eigenvalue weighted by molar-refractivity contribution is 0.181. The Bertz CT molecular complexity index is 730. The maximum absolute atomic E-state index is 10.5. The molecule has 104 valence electrons. The molecular weight excluding hydrogens is 254 g/mol. The number of benzene rings is 1. The molecule has 3 aromatic rings. The van der Waals surface area contributed by atoms with E-state index in [-0.39, 0.29) is 0 Å². The Labute approximate surface area is 116 Å². The average molecular weight is 271 g/mol. The summed E-state index contributed by atoms with van der Waals surface area (Å²) in [6.45, 7) is 4.82.